The molecule has 2 N–H and O–H groups in total. The molecule has 2 aliphatic rings. The van der Waals surface area contributed by atoms with Gasteiger partial charge in [0.05, 0.1) is 11.6 Å². The lowest BCUT2D eigenvalue weighted by molar-refractivity contribution is -0.0584. The van der Waals surface area contributed by atoms with Crippen LogP contribution in [0.4, 0.5) is 0 Å². The van der Waals surface area contributed by atoms with Crippen molar-refractivity contribution in [2.75, 3.05) is 13.1 Å². The summed E-state index contributed by atoms with van der Waals surface area (Å²) >= 11 is 1.82. The van der Waals surface area contributed by atoms with Crippen molar-refractivity contribution in [1.82, 2.24) is 10.2 Å². The second-order valence-electron chi connectivity index (χ2n) is 5.81. The molecule has 0 amide bonds. The predicted octanol–water partition coefficient (Wildman–Crippen LogP) is 1.83. The lowest BCUT2D eigenvalue weighted by Gasteiger charge is -2.44. The number of hydrogen-bond acceptors (Lipinski definition) is 4. The van der Waals surface area contributed by atoms with Gasteiger partial charge in [0.2, 0.25) is 0 Å². The van der Waals surface area contributed by atoms with E-state index in [2.05, 4.69) is 27.7 Å². The van der Waals surface area contributed by atoms with E-state index in [4.69, 9.17) is 0 Å². The zero-order chi connectivity index (χ0) is 12.6. The molecule has 2 atom stereocenters. The molecular formula is C14H22N2OS. The van der Waals surface area contributed by atoms with Gasteiger partial charge in [-0.2, -0.15) is 0 Å². The van der Waals surface area contributed by atoms with Crippen LogP contribution in [0.25, 0.3) is 0 Å². The van der Waals surface area contributed by atoms with Crippen LogP contribution in [0.2, 0.25) is 0 Å². The van der Waals surface area contributed by atoms with Crippen LogP contribution in [0.15, 0.2) is 17.5 Å². The first kappa shape index (κ1) is 12.6. The first-order chi connectivity index (χ1) is 8.67. The van der Waals surface area contributed by atoms with Gasteiger partial charge in [-0.1, -0.05) is 6.07 Å². The van der Waals surface area contributed by atoms with Gasteiger partial charge in [-0.3, -0.25) is 4.90 Å². The highest BCUT2D eigenvalue weighted by molar-refractivity contribution is 7.09. The number of rotatable bonds is 4. The summed E-state index contributed by atoms with van der Waals surface area (Å²) in [5, 5.41) is 16.2. The van der Waals surface area contributed by atoms with Gasteiger partial charge in [0.1, 0.15) is 0 Å². The highest BCUT2D eigenvalue weighted by Gasteiger charge is 2.43. The summed E-state index contributed by atoms with van der Waals surface area (Å²) in [4.78, 5) is 3.93. The molecule has 3 nitrogen and oxygen atoms in total. The summed E-state index contributed by atoms with van der Waals surface area (Å²) < 4.78 is 0. The highest BCUT2D eigenvalue weighted by Crippen LogP contribution is 2.35. The van der Waals surface area contributed by atoms with Gasteiger partial charge in [-0.15, -0.1) is 11.3 Å². The minimum atomic E-state index is -0.550. The van der Waals surface area contributed by atoms with Crippen LogP contribution in [0, 0.1) is 0 Å². The lowest BCUT2D eigenvalue weighted by Crippen LogP contribution is -2.60. The van der Waals surface area contributed by atoms with E-state index in [1.54, 1.807) is 0 Å². The number of nitrogens with one attached hydrogen (secondary N) is 1. The molecular weight excluding hydrogens is 244 g/mol. The Hall–Kier alpha value is -0.420. The lowest BCUT2D eigenvalue weighted by atomic mass is 9.88. The Morgan fingerprint density at radius 3 is 3.00 bits per heavy atom. The summed E-state index contributed by atoms with van der Waals surface area (Å²) in [5.41, 5.74) is -0.550. The van der Waals surface area contributed by atoms with Crippen molar-refractivity contribution in [3.63, 3.8) is 0 Å². The molecule has 1 aliphatic heterocycles. The van der Waals surface area contributed by atoms with Crippen LogP contribution in [0.5, 0.6) is 0 Å². The normalized spacial score (nSPS) is 32.9. The second-order valence-corrected chi connectivity index (χ2v) is 6.84. The van der Waals surface area contributed by atoms with Gasteiger partial charge in [-0.25, -0.2) is 0 Å². The number of thiophene rings is 1. The van der Waals surface area contributed by atoms with Gasteiger partial charge in [0.15, 0.2) is 0 Å². The molecule has 1 aromatic heterocycles. The molecule has 0 aromatic carbocycles. The fraction of sp³-hybridized carbons (Fsp3) is 0.714. The van der Waals surface area contributed by atoms with Crippen molar-refractivity contribution in [1.29, 1.82) is 0 Å². The van der Waals surface area contributed by atoms with Gasteiger partial charge in [-0.05, 0) is 44.2 Å². The van der Waals surface area contributed by atoms with Crippen LogP contribution >= 0.6 is 11.3 Å². The number of hydrogen-bond donors (Lipinski definition) is 2. The predicted molar refractivity (Wildman–Crippen MR) is 74.8 cm³/mol. The van der Waals surface area contributed by atoms with Gasteiger partial charge in [0.25, 0.3) is 0 Å². The van der Waals surface area contributed by atoms with Crippen molar-refractivity contribution < 1.29 is 5.11 Å². The third-order valence-corrected chi connectivity index (χ3v) is 5.06. The molecule has 1 saturated heterocycles. The monoisotopic (exact) mass is 266 g/mol. The minimum absolute atomic E-state index is 0.251. The maximum absolute atomic E-state index is 10.6. The van der Waals surface area contributed by atoms with E-state index in [1.807, 2.05) is 18.3 Å². The summed E-state index contributed by atoms with van der Waals surface area (Å²) in [7, 11) is 0. The van der Waals surface area contributed by atoms with Crippen molar-refractivity contribution in [2.24, 2.45) is 0 Å². The Morgan fingerprint density at radius 2 is 2.39 bits per heavy atom. The molecule has 2 unspecified atom stereocenters. The summed E-state index contributed by atoms with van der Waals surface area (Å²) in [6.45, 7) is 4.84. The van der Waals surface area contributed by atoms with Crippen LogP contribution in [-0.2, 0) is 6.54 Å². The first-order valence-corrected chi connectivity index (χ1v) is 7.76. The Morgan fingerprint density at radius 1 is 1.56 bits per heavy atom. The number of piperidine rings is 1. The SMILES string of the molecule is CC1(O)CCNCC1N(Cc1cccs1)C1CC1. The number of nitrogens with zero attached hydrogens (tertiary/aromatic N) is 1. The smallest absolute Gasteiger partial charge is 0.0798 e. The van der Waals surface area contributed by atoms with E-state index in [-0.39, 0.29) is 6.04 Å². The average Bonchev–Trinajstić information content (AvgIpc) is 3.04. The van der Waals surface area contributed by atoms with Gasteiger partial charge < -0.3 is 10.4 Å². The topological polar surface area (TPSA) is 35.5 Å². The van der Waals surface area contributed by atoms with Gasteiger partial charge >= 0.3 is 0 Å². The summed E-state index contributed by atoms with van der Waals surface area (Å²) in [6, 6.07) is 5.25. The highest BCUT2D eigenvalue weighted by atomic mass is 32.1. The third-order valence-electron chi connectivity index (χ3n) is 4.20. The standard InChI is InChI=1S/C14H22N2OS/c1-14(17)6-7-15-9-13(14)16(11-4-5-11)10-12-3-2-8-18-12/h2-3,8,11,13,15,17H,4-7,9-10H2,1H3. The van der Waals surface area contributed by atoms with Crippen molar-refractivity contribution >= 4 is 11.3 Å². The Kier molecular flexibility index (Phi) is 3.45. The maximum atomic E-state index is 10.6. The fourth-order valence-corrected chi connectivity index (χ4v) is 3.64. The molecule has 2 heterocycles. The third kappa shape index (κ3) is 2.62. The maximum Gasteiger partial charge on any atom is 0.0798 e. The summed E-state index contributed by atoms with van der Waals surface area (Å²) in [5.74, 6) is 0. The average molecular weight is 266 g/mol. The van der Waals surface area contributed by atoms with Crippen molar-refractivity contribution in [3.05, 3.63) is 22.4 Å². The van der Waals surface area contributed by atoms with E-state index in [0.717, 1.165) is 26.1 Å². The van der Waals surface area contributed by atoms with E-state index >= 15 is 0 Å². The largest absolute Gasteiger partial charge is 0.388 e. The van der Waals surface area contributed by atoms with Crippen LogP contribution in [0.3, 0.4) is 0 Å². The Balaban J connectivity index is 1.76. The molecule has 2 fully saturated rings. The molecule has 0 spiro atoms. The molecule has 1 aliphatic carbocycles. The number of aliphatic hydroxyl groups is 1. The van der Waals surface area contributed by atoms with Crippen molar-refractivity contribution in [3.8, 4) is 0 Å². The zero-order valence-electron chi connectivity index (χ0n) is 10.9. The molecule has 0 bridgehead atoms. The van der Waals surface area contributed by atoms with Crippen LogP contribution in [0.1, 0.15) is 31.1 Å². The van der Waals surface area contributed by atoms with Crippen LogP contribution in [-0.4, -0.2) is 40.8 Å². The first-order valence-electron chi connectivity index (χ1n) is 6.88. The molecule has 3 rings (SSSR count). The van der Waals surface area contributed by atoms with E-state index in [1.165, 1.54) is 17.7 Å². The molecule has 18 heavy (non-hydrogen) atoms. The fourth-order valence-electron chi connectivity index (χ4n) is 2.92. The van der Waals surface area contributed by atoms with Crippen molar-refractivity contribution in [2.45, 2.75) is 50.4 Å². The minimum Gasteiger partial charge on any atom is -0.388 e. The molecule has 0 radical (unpaired) electrons. The molecule has 1 saturated carbocycles. The van der Waals surface area contributed by atoms with E-state index in [9.17, 15) is 5.11 Å². The van der Waals surface area contributed by atoms with Crippen LogP contribution < -0.4 is 5.32 Å². The second kappa shape index (κ2) is 4.93. The zero-order valence-corrected chi connectivity index (χ0v) is 11.7. The quantitative estimate of drug-likeness (QED) is 0.873. The summed E-state index contributed by atoms with van der Waals surface area (Å²) in [6.07, 6.45) is 3.43. The Bertz CT molecular complexity index is 387. The Labute approximate surface area is 113 Å². The molecule has 4 heteroatoms. The van der Waals surface area contributed by atoms with E-state index < -0.39 is 5.60 Å². The molecule has 1 aromatic rings. The van der Waals surface area contributed by atoms with Gasteiger partial charge in [0, 0.05) is 24.0 Å². The molecule has 100 valence electrons. The van der Waals surface area contributed by atoms with E-state index in [0.29, 0.717) is 6.04 Å².